The fourth-order valence-corrected chi connectivity index (χ4v) is 1.54. The van der Waals surface area contributed by atoms with E-state index in [2.05, 4.69) is 13.8 Å². The van der Waals surface area contributed by atoms with Crippen molar-refractivity contribution in [2.45, 2.75) is 25.7 Å². The molecule has 70 valence electrons. The second kappa shape index (κ2) is 3.92. The van der Waals surface area contributed by atoms with Gasteiger partial charge in [0, 0.05) is 11.8 Å². The predicted molar refractivity (Wildman–Crippen MR) is 43.3 cm³/mol. The zero-order chi connectivity index (χ0) is 8.66. The molecule has 3 nitrogen and oxygen atoms in total. The molecule has 0 aromatic carbocycles. The van der Waals surface area contributed by atoms with Gasteiger partial charge in [-0.2, -0.15) is 6.42 Å². The second-order valence-electron chi connectivity index (χ2n) is 3.96. The Morgan fingerprint density at radius 1 is 1.15 bits per heavy atom. The Morgan fingerprint density at radius 2 is 1.62 bits per heavy atom. The largest absolute Gasteiger partial charge is 1.00 e. The summed E-state index contributed by atoms with van der Waals surface area (Å²) in [6, 6.07) is 0. The minimum atomic E-state index is -0.750. The van der Waals surface area contributed by atoms with Crippen LogP contribution in [0.4, 0.5) is 0 Å². The molecule has 0 radical (unpaired) electrons. The molecule has 3 heterocycles. The van der Waals surface area contributed by atoms with Gasteiger partial charge < -0.3 is 21.1 Å². The van der Waals surface area contributed by atoms with Crippen LogP contribution in [0, 0.1) is 12.3 Å². The molecule has 0 amide bonds. The number of hydrogen-bond donors (Lipinski definition) is 0. The molecule has 0 N–H and O–H groups in total. The Morgan fingerprint density at radius 3 is 2.00 bits per heavy atom. The molecule has 3 aliphatic rings. The van der Waals surface area contributed by atoms with Crippen molar-refractivity contribution >= 4 is 0 Å². The van der Waals surface area contributed by atoms with Crippen molar-refractivity contribution in [2.24, 2.45) is 5.41 Å². The van der Waals surface area contributed by atoms with E-state index in [1.807, 2.05) is 0 Å². The minimum Gasteiger partial charge on any atom is -0.343 e. The molecule has 3 rings (SSSR count). The fraction of sp³-hybridized carbons (Fsp3) is 0.889. The van der Waals surface area contributed by atoms with Gasteiger partial charge in [0.2, 0.25) is 0 Å². The van der Waals surface area contributed by atoms with E-state index < -0.39 is 5.97 Å². The quantitative estimate of drug-likeness (QED) is 0.374. The first-order chi connectivity index (χ1) is 5.68. The summed E-state index contributed by atoms with van der Waals surface area (Å²) in [5, 5.41) is 0. The van der Waals surface area contributed by atoms with Gasteiger partial charge in [0.1, 0.15) is 0 Å². The van der Waals surface area contributed by atoms with E-state index in [1.165, 1.54) is 0 Å². The summed E-state index contributed by atoms with van der Waals surface area (Å²) >= 11 is 0. The van der Waals surface area contributed by atoms with Crippen LogP contribution in [0.15, 0.2) is 0 Å². The molecule has 2 bridgehead atoms. The van der Waals surface area contributed by atoms with Gasteiger partial charge in [-0.15, -0.1) is 0 Å². The van der Waals surface area contributed by atoms with Gasteiger partial charge in [-0.1, -0.05) is 6.92 Å². The maximum absolute atomic E-state index is 5.52. The SMILES string of the molecule is [CH2-]CCC12OCC(C)(CO1)CO2.[Li+]. The van der Waals surface area contributed by atoms with Crippen molar-refractivity contribution < 1.29 is 33.1 Å². The summed E-state index contributed by atoms with van der Waals surface area (Å²) in [7, 11) is 0. The van der Waals surface area contributed by atoms with E-state index in [9.17, 15) is 0 Å². The molecule has 0 saturated carbocycles. The molecular formula is C9H15LiO3. The third-order valence-electron chi connectivity index (χ3n) is 2.40. The van der Waals surface area contributed by atoms with Crippen molar-refractivity contribution in [3.63, 3.8) is 0 Å². The molecule has 0 aromatic heterocycles. The standard InChI is InChI=1S/C9H15O3.Li/c1-3-4-9-10-5-8(2,6-11-9)7-12-9;/h1,3-7H2,2H3;/q-1;+1. The van der Waals surface area contributed by atoms with Crippen molar-refractivity contribution in [1.82, 2.24) is 0 Å². The zero-order valence-corrected chi connectivity index (χ0v) is 8.47. The molecule has 4 heteroatoms. The fourth-order valence-electron chi connectivity index (χ4n) is 1.54. The zero-order valence-electron chi connectivity index (χ0n) is 8.47. The summed E-state index contributed by atoms with van der Waals surface area (Å²) < 4.78 is 16.6. The molecule has 3 fully saturated rings. The third-order valence-corrected chi connectivity index (χ3v) is 2.40. The molecule has 0 aromatic rings. The second-order valence-corrected chi connectivity index (χ2v) is 3.96. The Balaban J connectivity index is 0.000000845. The number of fused-ring (bicyclic) bond motifs is 3. The molecule has 0 aliphatic carbocycles. The first-order valence-electron chi connectivity index (χ1n) is 4.39. The Labute approximate surface area is 91.3 Å². The van der Waals surface area contributed by atoms with Gasteiger partial charge in [-0.3, -0.25) is 0 Å². The van der Waals surface area contributed by atoms with Crippen LogP contribution in [0.2, 0.25) is 0 Å². The predicted octanol–water partition coefficient (Wildman–Crippen LogP) is -1.66. The molecule has 3 aliphatic heterocycles. The number of rotatable bonds is 2. The summed E-state index contributed by atoms with van der Waals surface area (Å²) in [4.78, 5) is 0. The van der Waals surface area contributed by atoms with Crippen LogP contribution in [0.5, 0.6) is 0 Å². The smallest absolute Gasteiger partial charge is 0.343 e. The molecule has 0 spiro atoms. The third kappa shape index (κ3) is 2.11. The van der Waals surface area contributed by atoms with Crippen LogP contribution >= 0.6 is 0 Å². The van der Waals surface area contributed by atoms with Gasteiger partial charge in [0.15, 0.2) is 0 Å². The van der Waals surface area contributed by atoms with Gasteiger partial charge in [0.05, 0.1) is 19.8 Å². The summed E-state index contributed by atoms with van der Waals surface area (Å²) in [6.07, 6.45) is 1.50. The van der Waals surface area contributed by atoms with Gasteiger partial charge in [0.25, 0.3) is 5.97 Å². The topological polar surface area (TPSA) is 27.7 Å². The van der Waals surface area contributed by atoms with Crippen molar-refractivity contribution in [2.75, 3.05) is 19.8 Å². The van der Waals surface area contributed by atoms with Crippen molar-refractivity contribution in [3.8, 4) is 0 Å². The number of hydrogen-bond acceptors (Lipinski definition) is 3. The van der Waals surface area contributed by atoms with Crippen molar-refractivity contribution in [3.05, 3.63) is 6.92 Å². The van der Waals surface area contributed by atoms with Gasteiger partial charge in [-0.05, 0) is 0 Å². The number of ether oxygens (including phenoxy) is 3. The molecule has 3 saturated heterocycles. The van der Waals surface area contributed by atoms with E-state index in [0.717, 1.165) is 32.7 Å². The van der Waals surface area contributed by atoms with Crippen molar-refractivity contribution in [1.29, 1.82) is 0 Å². The van der Waals surface area contributed by atoms with Crippen LogP contribution in [-0.2, 0) is 14.2 Å². The van der Waals surface area contributed by atoms with E-state index in [1.54, 1.807) is 0 Å². The molecule has 13 heavy (non-hydrogen) atoms. The van der Waals surface area contributed by atoms with Crippen LogP contribution in [0.25, 0.3) is 0 Å². The average Bonchev–Trinajstić information content (AvgIpc) is 2.08. The van der Waals surface area contributed by atoms with Crippen LogP contribution in [0.1, 0.15) is 19.8 Å². The van der Waals surface area contributed by atoms with Gasteiger partial charge in [-0.25, -0.2) is 0 Å². The Kier molecular flexibility index (Phi) is 3.48. The van der Waals surface area contributed by atoms with E-state index in [4.69, 9.17) is 14.2 Å². The van der Waals surface area contributed by atoms with Crippen LogP contribution < -0.4 is 18.9 Å². The first-order valence-corrected chi connectivity index (χ1v) is 4.39. The maximum atomic E-state index is 5.52. The molecule has 0 atom stereocenters. The van der Waals surface area contributed by atoms with Crippen LogP contribution in [-0.4, -0.2) is 25.8 Å². The monoisotopic (exact) mass is 178 g/mol. The summed E-state index contributed by atoms with van der Waals surface area (Å²) in [5.74, 6) is -0.750. The average molecular weight is 178 g/mol. The molecular weight excluding hydrogens is 163 g/mol. The summed E-state index contributed by atoms with van der Waals surface area (Å²) in [5.41, 5.74) is 0.0723. The Bertz CT molecular complexity index is 159. The van der Waals surface area contributed by atoms with E-state index in [-0.39, 0.29) is 24.3 Å². The van der Waals surface area contributed by atoms with E-state index >= 15 is 0 Å². The minimum absolute atomic E-state index is 0. The molecule has 0 unspecified atom stereocenters. The summed E-state index contributed by atoms with van der Waals surface area (Å²) in [6.45, 7) is 8.11. The first kappa shape index (κ1) is 11.6. The Hall–Kier alpha value is 0.477. The van der Waals surface area contributed by atoms with Gasteiger partial charge >= 0.3 is 18.9 Å². The van der Waals surface area contributed by atoms with Crippen LogP contribution in [0.3, 0.4) is 0 Å². The van der Waals surface area contributed by atoms with E-state index in [0.29, 0.717) is 0 Å². The normalized spacial score (nSPS) is 42.9. The maximum Gasteiger partial charge on any atom is 1.00 e.